The molecule has 0 aromatic heterocycles. The number of terminal acetylenes is 1. The van der Waals surface area contributed by atoms with Crippen molar-refractivity contribution in [3.8, 4) is 18.1 Å². The summed E-state index contributed by atoms with van der Waals surface area (Å²) in [5, 5.41) is 3.36. The zero-order valence-electron chi connectivity index (χ0n) is 9.44. The molecular formula is C13H16N2O. The summed E-state index contributed by atoms with van der Waals surface area (Å²) in [5.74, 6) is 3.55. The lowest BCUT2D eigenvalue weighted by molar-refractivity contribution is 0.158. The van der Waals surface area contributed by atoms with Crippen molar-refractivity contribution < 1.29 is 4.74 Å². The average molecular weight is 216 g/mol. The second-order valence-electron chi connectivity index (χ2n) is 4.02. The summed E-state index contributed by atoms with van der Waals surface area (Å²) in [5.41, 5.74) is 1.07. The molecule has 0 spiro atoms. The Morgan fingerprint density at radius 2 is 2.38 bits per heavy atom. The summed E-state index contributed by atoms with van der Waals surface area (Å²) in [6.45, 7) is 2.32. The number of ether oxygens (including phenoxy) is 1. The Kier molecular flexibility index (Phi) is 3.33. The molecule has 0 saturated carbocycles. The molecule has 3 nitrogen and oxygen atoms in total. The van der Waals surface area contributed by atoms with Crippen molar-refractivity contribution in [3.05, 3.63) is 24.3 Å². The number of hydrogen-bond donors (Lipinski definition) is 1. The number of anilines is 1. The summed E-state index contributed by atoms with van der Waals surface area (Å²) < 4.78 is 5.88. The Bertz CT molecular complexity index is 397. The molecule has 1 atom stereocenters. The van der Waals surface area contributed by atoms with E-state index in [9.17, 15) is 0 Å². The molecule has 3 heteroatoms. The number of benzene rings is 1. The third kappa shape index (κ3) is 2.47. The van der Waals surface area contributed by atoms with Crippen LogP contribution in [0, 0.1) is 12.3 Å². The third-order valence-corrected chi connectivity index (χ3v) is 2.58. The number of para-hydroxylation sites is 2. The van der Waals surface area contributed by atoms with Gasteiger partial charge < -0.3 is 10.1 Å². The number of nitrogens with one attached hydrogen (secondary N) is 1. The van der Waals surface area contributed by atoms with E-state index in [1.165, 1.54) is 0 Å². The van der Waals surface area contributed by atoms with Gasteiger partial charge in [-0.3, -0.25) is 4.90 Å². The summed E-state index contributed by atoms with van der Waals surface area (Å²) >= 11 is 0. The van der Waals surface area contributed by atoms with Crippen LogP contribution in [-0.4, -0.2) is 37.7 Å². The van der Waals surface area contributed by atoms with Crippen molar-refractivity contribution in [2.75, 3.05) is 32.0 Å². The molecule has 2 rings (SSSR count). The number of likely N-dealkylation sites (N-methyl/N-ethyl adjacent to an activating group) is 1. The van der Waals surface area contributed by atoms with E-state index in [0.29, 0.717) is 6.54 Å². The molecular weight excluding hydrogens is 200 g/mol. The zero-order valence-corrected chi connectivity index (χ0v) is 9.44. The van der Waals surface area contributed by atoms with Gasteiger partial charge in [-0.2, -0.15) is 0 Å². The van der Waals surface area contributed by atoms with Crippen LogP contribution in [0.4, 0.5) is 5.69 Å². The van der Waals surface area contributed by atoms with E-state index in [2.05, 4.69) is 16.1 Å². The molecule has 1 heterocycles. The minimum Gasteiger partial charge on any atom is -0.485 e. The highest BCUT2D eigenvalue weighted by Crippen LogP contribution is 2.28. The van der Waals surface area contributed by atoms with Crippen LogP contribution >= 0.6 is 0 Å². The van der Waals surface area contributed by atoms with Gasteiger partial charge in [0.15, 0.2) is 0 Å². The minimum absolute atomic E-state index is 0.160. The van der Waals surface area contributed by atoms with Crippen molar-refractivity contribution in [1.29, 1.82) is 0 Å². The van der Waals surface area contributed by atoms with Gasteiger partial charge in [0.05, 0.1) is 18.8 Å². The average Bonchev–Trinajstić information content (AvgIpc) is 2.29. The van der Waals surface area contributed by atoms with E-state index in [-0.39, 0.29) is 6.10 Å². The van der Waals surface area contributed by atoms with Gasteiger partial charge in [0, 0.05) is 6.54 Å². The van der Waals surface area contributed by atoms with E-state index in [1.807, 2.05) is 31.3 Å². The lowest BCUT2D eigenvalue weighted by Gasteiger charge is -2.29. The summed E-state index contributed by atoms with van der Waals surface area (Å²) in [6.07, 6.45) is 5.42. The van der Waals surface area contributed by atoms with Crippen molar-refractivity contribution in [2.45, 2.75) is 6.10 Å². The van der Waals surface area contributed by atoms with Gasteiger partial charge in [0.1, 0.15) is 11.9 Å². The first kappa shape index (κ1) is 10.8. The van der Waals surface area contributed by atoms with E-state index in [4.69, 9.17) is 11.2 Å². The SMILES string of the molecule is C#CCN(C)CC1CNc2ccccc2O1. The third-order valence-electron chi connectivity index (χ3n) is 2.58. The molecule has 16 heavy (non-hydrogen) atoms. The van der Waals surface area contributed by atoms with Crippen LogP contribution in [0.1, 0.15) is 0 Å². The van der Waals surface area contributed by atoms with Gasteiger partial charge >= 0.3 is 0 Å². The fourth-order valence-corrected chi connectivity index (χ4v) is 1.83. The first-order valence-corrected chi connectivity index (χ1v) is 5.41. The monoisotopic (exact) mass is 216 g/mol. The van der Waals surface area contributed by atoms with Crippen LogP contribution in [0.3, 0.4) is 0 Å². The topological polar surface area (TPSA) is 24.5 Å². The Morgan fingerprint density at radius 3 is 3.19 bits per heavy atom. The van der Waals surface area contributed by atoms with Crippen LogP contribution in [0.2, 0.25) is 0 Å². The molecule has 0 amide bonds. The molecule has 1 N–H and O–H groups in total. The summed E-state index contributed by atoms with van der Waals surface area (Å²) in [7, 11) is 2.00. The molecule has 0 bridgehead atoms. The zero-order chi connectivity index (χ0) is 11.4. The summed E-state index contributed by atoms with van der Waals surface area (Å²) in [6, 6.07) is 7.99. The molecule has 0 fully saturated rings. The van der Waals surface area contributed by atoms with E-state index >= 15 is 0 Å². The van der Waals surface area contributed by atoms with Crippen LogP contribution < -0.4 is 10.1 Å². The molecule has 0 radical (unpaired) electrons. The van der Waals surface area contributed by atoms with Crippen LogP contribution in [-0.2, 0) is 0 Å². The maximum Gasteiger partial charge on any atom is 0.142 e. The second kappa shape index (κ2) is 4.91. The molecule has 1 aliphatic rings. The van der Waals surface area contributed by atoms with Gasteiger partial charge in [-0.25, -0.2) is 0 Å². The minimum atomic E-state index is 0.160. The van der Waals surface area contributed by atoms with Crippen LogP contribution in [0.5, 0.6) is 5.75 Å². The highest BCUT2D eigenvalue weighted by Gasteiger charge is 2.19. The lowest BCUT2D eigenvalue weighted by Crippen LogP contribution is -2.40. The Hall–Kier alpha value is -1.66. The predicted molar refractivity (Wildman–Crippen MR) is 65.7 cm³/mol. The van der Waals surface area contributed by atoms with Gasteiger partial charge in [-0.1, -0.05) is 18.1 Å². The lowest BCUT2D eigenvalue weighted by atomic mass is 10.2. The van der Waals surface area contributed by atoms with Crippen molar-refractivity contribution in [1.82, 2.24) is 4.90 Å². The number of fused-ring (bicyclic) bond motifs is 1. The largest absolute Gasteiger partial charge is 0.485 e. The van der Waals surface area contributed by atoms with E-state index in [1.54, 1.807) is 0 Å². The van der Waals surface area contributed by atoms with Crippen LogP contribution in [0.15, 0.2) is 24.3 Å². The molecule has 0 aliphatic carbocycles. The quantitative estimate of drug-likeness (QED) is 0.773. The van der Waals surface area contributed by atoms with E-state index < -0.39 is 0 Å². The molecule has 84 valence electrons. The first-order chi connectivity index (χ1) is 7.79. The maximum atomic E-state index is 5.88. The van der Waals surface area contributed by atoms with Crippen molar-refractivity contribution >= 4 is 5.69 Å². The highest BCUT2D eigenvalue weighted by molar-refractivity contribution is 5.57. The van der Waals surface area contributed by atoms with E-state index in [0.717, 1.165) is 24.5 Å². The Labute approximate surface area is 96.4 Å². The smallest absolute Gasteiger partial charge is 0.142 e. The molecule has 1 aliphatic heterocycles. The van der Waals surface area contributed by atoms with Crippen LogP contribution in [0.25, 0.3) is 0 Å². The highest BCUT2D eigenvalue weighted by atomic mass is 16.5. The number of hydrogen-bond acceptors (Lipinski definition) is 3. The molecule has 1 aromatic carbocycles. The molecule has 1 aromatic rings. The number of nitrogens with zero attached hydrogens (tertiary/aromatic N) is 1. The van der Waals surface area contributed by atoms with Gasteiger partial charge in [0.25, 0.3) is 0 Å². The molecule has 0 saturated heterocycles. The Morgan fingerprint density at radius 1 is 1.56 bits per heavy atom. The Balaban J connectivity index is 1.95. The molecule has 1 unspecified atom stereocenters. The predicted octanol–water partition coefficient (Wildman–Crippen LogP) is 1.42. The van der Waals surface area contributed by atoms with Gasteiger partial charge in [-0.05, 0) is 19.2 Å². The fourth-order valence-electron chi connectivity index (χ4n) is 1.83. The van der Waals surface area contributed by atoms with Crippen molar-refractivity contribution in [3.63, 3.8) is 0 Å². The fraction of sp³-hybridized carbons (Fsp3) is 0.385. The van der Waals surface area contributed by atoms with Crippen molar-refractivity contribution in [2.24, 2.45) is 0 Å². The normalized spacial score (nSPS) is 18.2. The first-order valence-electron chi connectivity index (χ1n) is 5.41. The second-order valence-corrected chi connectivity index (χ2v) is 4.02. The van der Waals surface area contributed by atoms with Gasteiger partial charge in [-0.15, -0.1) is 6.42 Å². The standard InChI is InChI=1S/C13H16N2O/c1-3-8-15(2)10-11-9-14-12-6-4-5-7-13(12)16-11/h1,4-7,11,14H,8-10H2,2H3. The van der Waals surface area contributed by atoms with Gasteiger partial charge in [0.2, 0.25) is 0 Å². The number of rotatable bonds is 3. The summed E-state index contributed by atoms with van der Waals surface area (Å²) in [4.78, 5) is 2.08. The maximum absolute atomic E-state index is 5.88.